The number of likely N-dealkylation sites (tertiary alicyclic amines) is 1. The average Bonchev–Trinajstić information content (AvgIpc) is 2.96. The number of hydrogen-bond donors (Lipinski definition) is 2. The van der Waals surface area contributed by atoms with Crippen molar-refractivity contribution in [3.63, 3.8) is 0 Å². The van der Waals surface area contributed by atoms with Crippen LogP contribution in [0.4, 0.5) is 4.79 Å². The first-order valence-corrected chi connectivity index (χ1v) is 7.99. The normalized spacial score (nSPS) is 23.0. The zero-order chi connectivity index (χ0) is 15.5. The zero-order valence-corrected chi connectivity index (χ0v) is 13.1. The van der Waals surface area contributed by atoms with Crippen LogP contribution in [0.5, 0.6) is 0 Å². The molecule has 0 spiro atoms. The summed E-state index contributed by atoms with van der Waals surface area (Å²) in [5, 5.41) is 12.2. The van der Waals surface area contributed by atoms with Crippen LogP contribution >= 0.6 is 0 Å². The van der Waals surface area contributed by atoms with E-state index in [-0.39, 0.29) is 12.1 Å². The molecule has 2 aliphatic rings. The van der Waals surface area contributed by atoms with E-state index in [9.17, 15) is 14.7 Å². The van der Waals surface area contributed by atoms with E-state index in [1.165, 1.54) is 0 Å². The summed E-state index contributed by atoms with van der Waals surface area (Å²) in [7, 11) is 1.78. The molecular formula is C15H27N3O3. The molecule has 2 amide bonds. The van der Waals surface area contributed by atoms with Crippen molar-refractivity contribution in [2.75, 3.05) is 26.7 Å². The third-order valence-corrected chi connectivity index (χ3v) is 5.09. The van der Waals surface area contributed by atoms with E-state index in [0.29, 0.717) is 12.8 Å². The molecule has 6 heteroatoms. The smallest absolute Gasteiger partial charge is 0.329 e. The number of urea groups is 1. The van der Waals surface area contributed by atoms with Gasteiger partial charge in [-0.3, -0.25) is 0 Å². The van der Waals surface area contributed by atoms with Crippen molar-refractivity contribution in [1.29, 1.82) is 0 Å². The van der Waals surface area contributed by atoms with Gasteiger partial charge in [0.25, 0.3) is 0 Å². The standard InChI is InChI=1S/C15H27N3O3/c1-3-18-10-6-12(7-11-18)17(2)14(21)16-15(13(19)20)8-4-5-9-15/h12H,3-11H2,1-2H3,(H,16,21)(H,19,20). The lowest BCUT2D eigenvalue weighted by Gasteiger charge is -2.37. The van der Waals surface area contributed by atoms with E-state index < -0.39 is 11.5 Å². The van der Waals surface area contributed by atoms with Crippen molar-refractivity contribution in [2.24, 2.45) is 0 Å². The molecule has 1 aliphatic carbocycles. The Bertz CT molecular complexity index is 386. The largest absolute Gasteiger partial charge is 0.480 e. The lowest BCUT2D eigenvalue weighted by atomic mass is 9.98. The minimum atomic E-state index is -1.05. The topological polar surface area (TPSA) is 72.9 Å². The number of carbonyl (C=O) groups is 2. The van der Waals surface area contributed by atoms with Crippen LogP contribution in [0.2, 0.25) is 0 Å². The van der Waals surface area contributed by atoms with Gasteiger partial charge in [-0.05, 0) is 32.2 Å². The van der Waals surface area contributed by atoms with Crippen LogP contribution in [-0.2, 0) is 4.79 Å². The molecular weight excluding hydrogens is 270 g/mol. The van der Waals surface area contributed by atoms with Crippen molar-refractivity contribution in [3.8, 4) is 0 Å². The fourth-order valence-corrected chi connectivity index (χ4v) is 3.45. The van der Waals surface area contributed by atoms with E-state index in [4.69, 9.17) is 0 Å². The van der Waals surface area contributed by atoms with Crippen LogP contribution in [-0.4, -0.2) is 65.2 Å². The summed E-state index contributed by atoms with van der Waals surface area (Å²) in [4.78, 5) is 28.0. The van der Waals surface area contributed by atoms with Crippen molar-refractivity contribution in [1.82, 2.24) is 15.1 Å². The van der Waals surface area contributed by atoms with Gasteiger partial charge in [0.05, 0.1) is 0 Å². The predicted molar refractivity (Wildman–Crippen MR) is 80.3 cm³/mol. The molecule has 6 nitrogen and oxygen atoms in total. The molecule has 0 aromatic rings. The molecule has 0 bridgehead atoms. The second-order valence-electron chi connectivity index (χ2n) is 6.30. The highest BCUT2D eigenvalue weighted by Crippen LogP contribution is 2.30. The first kappa shape index (κ1) is 16.1. The number of nitrogens with zero attached hydrogens (tertiary/aromatic N) is 2. The zero-order valence-electron chi connectivity index (χ0n) is 13.1. The SMILES string of the molecule is CCN1CCC(N(C)C(=O)NC2(C(=O)O)CCCC2)CC1. The van der Waals surface area contributed by atoms with Gasteiger partial charge in [0.2, 0.25) is 0 Å². The van der Waals surface area contributed by atoms with Gasteiger partial charge in [0.15, 0.2) is 0 Å². The third-order valence-electron chi connectivity index (χ3n) is 5.09. The molecule has 0 aromatic heterocycles. The molecule has 0 aromatic carbocycles. The lowest BCUT2D eigenvalue weighted by molar-refractivity contribution is -0.144. The number of rotatable bonds is 4. The highest BCUT2D eigenvalue weighted by Gasteiger charge is 2.43. The van der Waals surface area contributed by atoms with Gasteiger partial charge in [-0.25, -0.2) is 9.59 Å². The number of piperidine rings is 1. The van der Waals surface area contributed by atoms with Crippen LogP contribution in [0.25, 0.3) is 0 Å². The molecule has 21 heavy (non-hydrogen) atoms. The molecule has 2 N–H and O–H groups in total. The Labute approximate surface area is 126 Å². The molecule has 0 atom stereocenters. The van der Waals surface area contributed by atoms with Crippen LogP contribution in [0, 0.1) is 0 Å². The molecule has 0 unspecified atom stereocenters. The fourth-order valence-electron chi connectivity index (χ4n) is 3.45. The molecule has 0 radical (unpaired) electrons. The second kappa shape index (κ2) is 6.64. The van der Waals surface area contributed by atoms with Gasteiger partial charge in [0.1, 0.15) is 5.54 Å². The summed E-state index contributed by atoms with van der Waals surface area (Å²) in [5.74, 6) is -0.900. The van der Waals surface area contributed by atoms with E-state index in [1.54, 1.807) is 11.9 Å². The Morgan fingerprint density at radius 2 is 1.86 bits per heavy atom. The Balaban J connectivity index is 1.92. The van der Waals surface area contributed by atoms with E-state index >= 15 is 0 Å². The maximum absolute atomic E-state index is 12.4. The number of nitrogens with one attached hydrogen (secondary N) is 1. The number of amides is 2. The minimum Gasteiger partial charge on any atom is -0.480 e. The maximum atomic E-state index is 12.4. The summed E-state index contributed by atoms with van der Waals surface area (Å²) < 4.78 is 0. The van der Waals surface area contributed by atoms with Crippen LogP contribution in [0.3, 0.4) is 0 Å². The molecule has 1 saturated carbocycles. The van der Waals surface area contributed by atoms with E-state index in [0.717, 1.165) is 45.3 Å². The fraction of sp³-hybridized carbons (Fsp3) is 0.867. The monoisotopic (exact) mass is 297 g/mol. The molecule has 2 fully saturated rings. The van der Waals surface area contributed by atoms with Gasteiger partial charge in [-0.1, -0.05) is 19.8 Å². The van der Waals surface area contributed by atoms with Gasteiger partial charge < -0.3 is 20.2 Å². The van der Waals surface area contributed by atoms with E-state index in [2.05, 4.69) is 17.1 Å². The number of carboxylic acids is 1. The van der Waals surface area contributed by atoms with Crippen molar-refractivity contribution in [2.45, 2.75) is 57.0 Å². The number of aliphatic carboxylic acids is 1. The third kappa shape index (κ3) is 3.48. The molecule has 1 heterocycles. The summed E-state index contributed by atoms with van der Waals surface area (Å²) in [6.45, 7) is 5.20. The summed E-state index contributed by atoms with van der Waals surface area (Å²) in [6, 6.07) is -0.0331. The molecule has 2 rings (SSSR count). The maximum Gasteiger partial charge on any atom is 0.329 e. The van der Waals surface area contributed by atoms with Gasteiger partial charge in [-0.15, -0.1) is 0 Å². The molecule has 1 aliphatic heterocycles. The van der Waals surface area contributed by atoms with Gasteiger partial charge in [-0.2, -0.15) is 0 Å². The average molecular weight is 297 g/mol. The van der Waals surface area contributed by atoms with Crippen LogP contribution in [0.1, 0.15) is 45.4 Å². The van der Waals surface area contributed by atoms with Gasteiger partial charge in [0, 0.05) is 26.2 Å². The number of hydrogen-bond acceptors (Lipinski definition) is 3. The number of carbonyl (C=O) groups excluding carboxylic acids is 1. The first-order chi connectivity index (χ1) is 9.98. The van der Waals surface area contributed by atoms with Crippen LogP contribution < -0.4 is 5.32 Å². The summed E-state index contributed by atoms with van der Waals surface area (Å²) in [6.07, 6.45) is 4.72. The molecule has 120 valence electrons. The highest BCUT2D eigenvalue weighted by molar-refractivity contribution is 5.86. The summed E-state index contributed by atoms with van der Waals surface area (Å²) in [5.41, 5.74) is -1.05. The lowest BCUT2D eigenvalue weighted by Crippen LogP contribution is -2.58. The van der Waals surface area contributed by atoms with Crippen LogP contribution in [0.15, 0.2) is 0 Å². The first-order valence-electron chi connectivity index (χ1n) is 7.99. The summed E-state index contributed by atoms with van der Waals surface area (Å²) >= 11 is 0. The minimum absolute atomic E-state index is 0.208. The highest BCUT2D eigenvalue weighted by atomic mass is 16.4. The van der Waals surface area contributed by atoms with Crippen molar-refractivity contribution < 1.29 is 14.7 Å². The Hall–Kier alpha value is -1.30. The second-order valence-corrected chi connectivity index (χ2v) is 6.30. The quantitative estimate of drug-likeness (QED) is 0.825. The Morgan fingerprint density at radius 3 is 2.33 bits per heavy atom. The van der Waals surface area contributed by atoms with Gasteiger partial charge >= 0.3 is 12.0 Å². The van der Waals surface area contributed by atoms with Crippen molar-refractivity contribution in [3.05, 3.63) is 0 Å². The van der Waals surface area contributed by atoms with Crippen molar-refractivity contribution >= 4 is 12.0 Å². The predicted octanol–water partition coefficient (Wildman–Crippen LogP) is 1.51. The van der Waals surface area contributed by atoms with E-state index in [1.807, 2.05) is 0 Å². The Morgan fingerprint density at radius 1 is 1.29 bits per heavy atom. The molecule has 1 saturated heterocycles. The Kier molecular flexibility index (Phi) is 5.08. The number of carboxylic acid groups (broad SMARTS) is 1.